The first kappa shape index (κ1) is 16.6. The van der Waals surface area contributed by atoms with Crippen LogP contribution in [0.1, 0.15) is 37.5 Å². The number of carbonyl (C=O) groups excluding carboxylic acids is 1. The Morgan fingerprint density at radius 2 is 2.29 bits per heavy atom. The molecule has 2 atom stereocenters. The van der Waals surface area contributed by atoms with Gasteiger partial charge in [0.15, 0.2) is 5.82 Å². The van der Waals surface area contributed by atoms with Gasteiger partial charge < -0.3 is 10.6 Å². The van der Waals surface area contributed by atoms with Gasteiger partial charge in [-0.05, 0) is 31.0 Å². The van der Waals surface area contributed by atoms with Crippen LogP contribution in [0.4, 0.5) is 10.5 Å². The summed E-state index contributed by atoms with van der Waals surface area (Å²) < 4.78 is 13.4. The third kappa shape index (κ3) is 3.64. The molecule has 2 heterocycles. The van der Waals surface area contributed by atoms with Gasteiger partial charge in [0.25, 0.3) is 0 Å². The van der Waals surface area contributed by atoms with Gasteiger partial charge in [0, 0.05) is 40.6 Å². The van der Waals surface area contributed by atoms with E-state index in [1.54, 1.807) is 30.5 Å². The molecule has 7 nitrogen and oxygen atoms in total. The summed E-state index contributed by atoms with van der Waals surface area (Å²) in [5, 5.41) is 10.2. The molecule has 1 aliphatic heterocycles. The molecule has 1 aliphatic rings. The van der Waals surface area contributed by atoms with Crippen LogP contribution in [0.2, 0.25) is 0 Å². The Labute approximate surface area is 143 Å². The molecule has 0 bridgehead atoms. The number of aromatic nitrogens is 3. The number of amides is 2. The molecule has 8 heteroatoms. The number of nitrogens with zero attached hydrogens (tertiary/aromatic N) is 3. The van der Waals surface area contributed by atoms with Crippen molar-refractivity contribution in [1.82, 2.24) is 20.1 Å². The van der Waals surface area contributed by atoms with E-state index in [9.17, 15) is 9.00 Å². The number of rotatable bonds is 4. The average molecular weight is 347 g/mol. The molecule has 128 valence electrons. The van der Waals surface area contributed by atoms with Crippen LogP contribution in [0.5, 0.6) is 0 Å². The van der Waals surface area contributed by atoms with Crippen LogP contribution in [-0.2, 0) is 23.8 Å². The zero-order valence-electron chi connectivity index (χ0n) is 13.8. The Balaban J connectivity index is 1.69. The fourth-order valence-corrected chi connectivity index (χ4v) is 3.33. The molecule has 3 rings (SSSR count). The number of hydrogen-bond donors (Lipinski definition) is 2. The van der Waals surface area contributed by atoms with Gasteiger partial charge in [-0.1, -0.05) is 13.0 Å². The summed E-state index contributed by atoms with van der Waals surface area (Å²) in [6.45, 7) is 2.85. The molecule has 2 N–H and O–H groups in total. The number of carbonyl (C=O) groups is 1. The maximum Gasteiger partial charge on any atom is 0.319 e. The molecule has 0 saturated carbocycles. The fraction of sp³-hybridized carbons (Fsp3) is 0.438. The van der Waals surface area contributed by atoms with Crippen LogP contribution < -0.4 is 10.6 Å². The number of anilines is 1. The first-order chi connectivity index (χ1) is 11.6. The van der Waals surface area contributed by atoms with Gasteiger partial charge in [-0.3, -0.25) is 4.21 Å². The lowest BCUT2D eigenvalue weighted by Gasteiger charge is -2.23. The third-order valence-corrected chi connectivity index (χ3v) is 4.88. The predicted molar refractivity (Wildman–Crippen MR) is 92.3 cm³/mol. The Bertz CT molecular complexity index is 774. The maximum absolute atomic E-state index is 12.3. The van der Waals surface area contributed by atoms with E-state index < -0.39 is 10.8 Å². The topological polar surface area (TPSA) is 88.9 Å². The highest BCUT2D eigenvalue weighted by molar-refractivity contribution is 7.84. The monoisotopic (exact) mass is 347 g/mol. The van der Waals surface area contributed by atoms with Crippen LogP contribution in [0.15, 0.2) is 29.2 Å². The Kier molecular flexibility index (Phi) is 4.94. The minimum Gasteiger partial charge on any atom is -0.328 e. The molecular weight excluding hydrogens is 326 g/mol. The lowest BCUT2D eigenvalue weighted by Crippen LogP contribution is -2.36. The van der Waals surface area contributed by atoms with Gasteiger partial charge in [-0.15, -0.1) is 0 Å². The lowest BCUT2D eigenvalue weighted by atomic mass is 10.1. The standard InChI is InChI=1S/C16H21N5O2S/c1-3-14-19-15-13(8-5-9-21(15)20-14)18-16(22)17-11-6-4-7-12(10-11)24(2)23/h4,6-7,10,13H,3,5,8-9H2,1-2H3,(H2,17,18,22)/t13-,24-/m0/s1. The van der Waals surface area contributed by atoms with E-state index in [0.29, 0.717) is 10.6 Å². The molecule has 2 amide bonds. The molecule has 1 aromatic heterocycles. The minimum atomic E-state index is -1.08. The number of aryl methyl sites for hydroxylation is 2. The molecular formula is C16H21N5O2S. The lowest BCUT2D eigenvalue weighted by molar-refractivity contribution is 0.244. The Morgan fingerprint density at radius 3 is 3.04 bits per heavy atom. The maximum atomic E-state index is 12.3. The van der Waals surface area contributed by atoms with Gasteiger partial charge in [0.2, 0.25) is 0 Å². The van der Waals surface area contributed by atoms with Crippen molar-refractivity contribution in [3.05, 3.63) is 35.9 Å². The summed E-state index contributed by atoms with van der Waals surface area (Å²) >= 11 is 0. The zero-order valence-corrected chi connectivity index (χ0v) is 14.6. The molecule has 0 unspecified atom stereocenters. The Hall–Kier alpha value is -2.22. The first-order valence-corrected chi connectivity index (χ1v) is 9.57. The van der Waals surface area contributed by atoms with Crippen molar-refractivity contribution in [3.8, 4) is 0 Å². The van der Waals surface area contributed by atoms with Gasteiger partial charge in [-0.25, -0.2) is 14.5 Å². The summed E-state index contributed by atoms with van der Waals surface area (Å²) in [7, 11) is -1.08. The van der Waals surface area contributed by atoms with Gasteiger partial charge in [0.1, 0.15) is 5.82 Å². The van der Waals surface area contributed by atoms with Crippen LogP contribution in [0.25, 0.3) is 0 Å². The van der Waals surface area contributed by atoms with Crippen molar-refractivity contribution in [3.63, 3.8) is 0 Å². The van der Waals surface area contributed by atoms with E-state index in [-0.39, 0.29) is 12.1 Å². The number of fused-ring (bicyclic) bond motifs is 1. The van der Waals surface area contributed by atoms with Crippen molar-refractivity contribution in [2.45, 2.75) is 43.7 Å². The van der Waals surface area contributed by atoms with Gasteiger partial charge in [-0.2, -0.15) is 5.10 Å². The van der Waals surface area contributed by atoms with E-state index in [0.717, 1.165) is 37.5 Å². The first-order valence-electron chi connectivity index (χ1n) is 8.01. The molecule has 0 aliphatic carbocycles. The third-order valence-electron chi connectivity index (χ3n) is 3.96. The van der Waals surface area contributed by atoms with E-state index >= 15 is 0 Å². The van der Waals surface area contributed by atoms with Crippen molar-refractivity contribution in [2.75, 3.05) is 11.6 Å². The molecule has 24 heavy (non-hydrogen) atoms. The largest absolute Gasteiger partial charge is 0.328 e. The van der Waals surface area contributed by atoms with E-state index in [2.05, 4.69) is 20.7 Å². The average Bonchev–Trinajstić information content (AvgIpc) is 2.99. The van der Waals surface area contributed by atoms with Crippen molar-refractivity contribution in [2.24, 2.45) is 0 Å². The highest BCUT2D eigenvalue weighted by Gasteiger charge is 2.25. The summed E-state index contributed by atoms with van der Waals surface area (Å²) in [5.74, 6) is 1.62. The van der Waals surface area contributed by atoms with Gasteiger partial charge in [0.05, 0.1) is 6.04 Å². The molecule has 0 spiro atoms. The van der Waals surface area contributed by atoms with Crippen LogP contribution in [-0.4, -0.2) is 31.3 Å². The highest BCUT2D eigenvalue weighted by Crippen LogP contribution is 2.23. The van der Waals surface area contributed by atoms with Crippen molar-refractivity contribution >= 4 is 22.5 Å². The molecule has 0 saturated heterocycles. The quantitative estimate of drug-likeness (QED) is 0.888. The second-order valence-corrected chi connectivity index (χ2v) is 7.12. The fourth-order valence-electron chi connectivity index (χ4n) is 2.76. The SMILES string of the molecule is CCc1nc2n(n1)CCC[C@@H]2NC(=O)Nc1cccc([S@](C)=O)c1. The number of benzene rings is 1. The van der Waals surface area contributed by atoms with E-state index in [1.807, 2.05) is 11.6 Å². The number of urea groups is 1. The van der Waals surface area contributed by atoms with Crippen molar-refractivity contribution < 1.29 is 9.00 Å². The molecule has 1 aromatic carbocycles. The smallest absolute Gasteiger partial charge is 0.319 e. The summed E-state index contributed by atoms with van der Waals surface area (Å²) in [6.07, 6.45) is 4.18. The predicted octanol–water partition coefficient (Wildman–Crippen LogP) is 2.23. The van der Waals surface area contributed by atoms with Crippen LogP contribution >= 0.6 is 0 Å². The summed E-state index contributed by atoms with van der Waals surface area (Å²) in [4.78, 5) is 17.5. The highest BCUT2D eigenvalue weighted by atomic mass is 32.2. The molecule has 0 fully saturated rings. The van der Waals surface area contributed by atoms with E-state index in [1.165, 1.54) is 0 Å². The molecule has 2 aromatic rings. The second-order valence-electron chi connectivity index (χ2n) is 5.74. The van der Waals surface area contributed by atoms with Gasteiger partial charge >= 0.3 is 6.03 Å². The summed E-state index contributed by atoms with van der Waals surface area (Å²) in [6, 6.07) is 6.60. The zero-order chi connectivity index (χ0) is 17.1. The van der Waals surface area contributed by atoms with Crippen LogP contribution in [0.3, 0.4) is 0 Å². The van der Waals surface area contributed by atoms with E-state index in [4.69, 9.17) is 0 Å². The van der Waals surface area contributed by atoms with Crippen molar-refractivity contribution in [1.29, 1.82) is 0 Å². The van der Waals surface area contributed by atoms with Crippen LogP contribution in [0, 0.1) is 0 Å². The number of nitrogens with one attached hydrogen (secondary N) is 2. The second kappa shape index (κ2) is 7.12. The molecule has 0 radical (unpaired) electrons. The minimum absolute atomic E-state index is 0.143. The number of hydrogen-bond acceptors (Lipinski definition) is 4. The Morgan fingerprint density at radius 1 is 1.46 bits per heavy atom. The normalized spacial score (nSPS) is 17.8. The summed E-state index contributed by atoms with van der Waals surface area (Å²) in [5.41, 5.74) is 0.617.